The van der Waals surface area contributed by atoms with Gasteiger partial charge in [-0.3, -0.25) is 0 Å². The van der Waals surface area contributed by atoms with Crippen LogP contribution >= 0.6 is 11.6 Å². The van der Waals surface area contributed by atoms with E-state index in [0.29, 0.717) is 16.3 Å². The minimum Gasteiger partial charge on any atom is -0.439 e. The predicted molar refractivity (Wildman–Crippen MR) is 63.0 cm³/mol. The van der Waals surface area contributed by atoms with E-state index in [0.717, 1.165) is 11.1 Å². The molecule has 0 atom stereocenters. The smallest absolute Gasteiger partial charge is 0.209 e. The van der Waals surface area contributed by atoms with Crippen LogP contribution in [0.1, 0.15) is 11.1 Å². The summed E-state index contributed by atoms with van der Waals surface area (Å²) in [5.74, 6) is 0.774. The number of rotatable bonds is 1. The molecule has 0 radical (unpaired) electrons. The van der Waals surface area contributed by atoms with Crippen molar-refractivity contribution in [2.45, 2.75) is 6.92 Å². The number of nitrogens with two attached hydrogens (primary N) is 1. The molecule has 0 saturated carbocycles. The number of anilines is 1. The van der Waals surface area contributed by atoms with Crippen LogP contribution in [0.4, 0.5) is 5.88 Å². The maximum absolute atomic E-state index is 8.89. The average Bonchev–Trinajstić information content (AvgIpc) is 2.55. The van der Waals surface area contributed by atoms with Crippen LogP contribution in [0.15, 0.2) is 28.7 Å². The molecule has 0 aliphatic rings. The molecular weight excluding hydrogens is 224 g/mol. The first-order valence-corrected chi connectivity index (χ1v) is 5.06. The molecule has 0 aliphatic heterocycles. The van der Waals surface area contributed by atoms with E-state index in [4.69, 9.17) is 27.0 Å². The van der Waals surface area contributed by atoms with Gasteiger partial charge < -0.3 is 10.2 Å². The molecule has 0 saturated heterocycles. The number of furan rings is 1. The van der Waals surface area contributed by atoms with E-state index in [-0.39, 0.29) is 5.88 Å². The molecule has 16 heavy (non-hydrogen) atoms. The zero-order valence-corrected chi connectivity index (χ0v) is 9.38. The molecule has 2 rings (SSSR count). The van der Waals surface area contributed by atoms with Gasteiger partial charge >= 0.3 is 0 Å². The highest BCUT2D eigenvalue weighted by atomic mass is 35.5. The average molecular weight is 233 g/mol. The van der Waals surface area contributed by atoms with Gasteiger partial charge in [0, 0.05) is 16.1 Å². The fourth-order valence-electron chi connectivity index (χ4n) is 1.55. The highest BCUT2D eigenvalue weighted by Crippen LogP contribution is 2.32. The van der Waals surface area contributed by atoms with E-state index in [9.17, 15) is 0 Å². The Bertz CT molecular complexity index is 564. The van der Waals surface area contributed by atoms with Gasteiger partial charge in [-0.05, 0) is 31.2 Å². The first-order valence-electron chi connectivity index (χ1n) is 4.68. The molecule has 80 valence electrons. The lowest BCUT2D eigenvalue weighted by Gasteiger charge is -1.98. The predicted octanol–water partition coefficient (Wildman–Crippen LogP) is 3.36. The van der Waals surface area contributed by atoms with Crippen LogP contribution in [-0.4, -0.2) is 0 Å². The first kappa shape index (κ1) is 10.6. The van der Waals surface area contributed by atoms with Crippen molar-refractivity contribution in [1.82, 2.24) is 0 Å². The first-order chi connectivity index (χ1) is 7.63. The van der Waals surface area contributed by atoms with Gasteiger partial charge in [-0.25, -0.2) is 0 Å². The molecule has 0 aliphatic carbocycles. The Morgan fingerprint density at radius 1 is 1.31 bits per heavy atom. The Labute approximate surface area is 98.0 Å². The molecule has 0 spiro atoms. The van der Waals surface area contributed by atoms with Crippen LogP contribution < -0.4 is 5.73 Å². The number of hydrogen-bond acceptors (Lipinski definition) is 3. The zero-order chi connectivity index (χ0) is 11.7. The van der Waals surface area contributed by atoms with Crippen LogP contribution in [0.2, 0.25) is 5.02 Å². The van der Waals surface area contributed by atoms with Crippen molar-refractivity contribution in [2.75, 3.05) is 5.73 Å². The summed E-state index contributed by atoms with van der Waals surface area (Å²) in [6.45, 7) is 1.81. The SMILES string of the molecule is Cc1c(-c2ccc(Cl)cc2)oc(N)c1C#N. The lowest BCUT2D eigenvalue weighted by Crippen LogP contribution is -1.84. The topological polar surface area (TPSA) is 62.9 Å². The molecular formula is C12H9ClN2O. The van der Waals surface area contributed by atoms with E-state index in [2.05, 4.69) is 0 Å². The summed E-state index contributed by atoms with van der Waals surface area (Å²) in [5.41, 5.74) is 7.61. The molecule has 0 unspecified atom stereocenters. The third kappa shape index (κ3) is 1.64. The minimum absolute atomic E-state index is 0.157. The van der Waals surface area contributed by atoms with Crippen molar-refractivity contribution >= 4 is 17.5 Å². The lowest BCUT2D eigenvalue weighted by molar-refractivity contribution is 0.600. The van der Waals surface area contributed by atoms with Crippen molar-refractivity contribution < 1.29 is 4.42 Å². The van der Waals surface area contributed by atoms with Gasteiger partial charge in [0.15, 0.2) is 0 Å². The number of benzene rings is 1. The van der Waals surface area contributed by atoms with E-state index in [1.807, 2.05) is 25.1 Å². The van der Waals surface area contributed by atoms with Crippen LogP contribution in [0.5, 0.6) is 0 Å². The molecule has 2 aromatic rings. The Kier molecular flexibility index (Phi) is 2.59. The van der Waals surface area contributed by atoms with Gasteiger partial charge in [-0.1, -0.05) is 11.6 Å². The Balaban J connectivity index is 2.58. The highest BCUT2D eigenvalue weighted by molar-refractivity contribution is 6.30. The van der Waals surface area contributed by atoms with Crippen LogP contribution in [0.3, 0.4) is 0 Å². The summed E-state index contributed by atoms with van der Waals surface area (Å²) in [7, 11) is 0. The van der Waals surface area contributed by atoms with E-state index in [1.54, 1.807) is 12.1 Å². The van der Waals surface area contributed by atoms with Crippen molar-refractivity contribution in [2.24, 2.45) is 0 Å². The standard InChI is InChI=1S/C12H9ClN2O/c1-7-10(6-14)12(15)16-11(7)8-2-4-9(13)5-3-8/h2-5H,15H2,1H3. The summed E-state index contributed by atoms with van der Waals surface area (Å²) in [6, 6.07) is 9.21. The van der Waals surface area contributed by atoms with Crippen molar-refractivity contribution in [1.29, 1.82) is 5.26 Å². The van der Waals surface area contributed by atoms with Gasteiger partial charge in [0.25, 0.3) is 0 Å². The maximum Gasteiger partial charge on any atom is 0.209 e. The number of nitrogen functional groups attached to an aromatic ring is 1. The Morgan fingerprint density at radius 2 is 1.94 bits per heavy atom. The number of halogens is 1. The van der Waals surface area contributed by atoms with Crippen molar-refractivity contribution in [3.8, 4) is 17.4 Å². The van der Waals surface area contributed by atoms with Gasteiger partial charge in [0.1, 0.15) is 17.4 Å². The van der Waals surface area contributed by atoms with E-state index >= 15 is 0 Å². The Morgan fingerprint density at radius 3 is 2.44 bits per heavy atom. The number of hydrogen-bond donors (Lipinski definition) is 1. The van der Waals surface area contributed by atoms with Gasteiger partial charge in [-0.15, -0.1) is 0 Å². The monoisotopic (exact) mass is 232 g/mol. The molecule has 3 nitrogen and oxygen atoms in total. The summed E-state index contributed by atoms with van der Waals surface area (Å²) < 4.78 is 5.37. The molecule has 0 amide bonds. The molecule has 4 heteroatoms. The van der Waals surface area contributed by atoms with Crippen LogP contribution in [0.25, 0.3) is 11.3 Å². The number of nitrogens with zero attached hydrogens (tertiary/aromatic N) is 1. The molecule has 0 bridgehead atoms. The Hall–Kier alpha value is -1.92. The second kappa shape index (κ2) is 3.92. The molecule has 1 aromatic heterocycles. The maximum atomic E-state index is 8.89. The second-order valence-electron chi connectivity index (χ2n) is 3.41. The molecule has 1 heterocycles. The highest BCUT2D eigenvalue weighted by Gasteiger charge is 2.15. The zero-order valence-electron chi connectivity index (χ0n) is 8.62. The quantitative estimate of drug-likeness (QED) is 0.820. The van der Waals surface area contributed by atoms with Gasteiger partial charge in [0.05, 0.1) is 0 Å². The molecule has 1 aromatic carbocycles. The van der Waals surface area contributed by atoms with E-state index < -0.39 is 0 Å². The van der Waals surface area contributed by atoms with Crippen LogP contribution in [-0.2, 0) is 0 Å². The molecule has 0 fully saturated rings. The summed E-state index contributed by atoms with van der Waals surface area (Å²) in [4.78, 5) is 0. The fourth-order valence-corrected chi connectivity index (χ4v) is 1.68. The van der Waals surface area contributed by atoms with Gasteiger partial charge in [-0.2, -0.15) is 5.26 Å². The summed E-state index contributed by atoms with van der Waals surface area (Å²) in [5, 5.41) is 9.55. The lowest BCUT2D eigenvalue weighted by atomic mass is 10.1. The minimum atomic E-state index is 0.157. The van der Waals surface area contributed by atoms with Crippen molar-refractivity contribution in [3.63, 3.8) is 0 Å². The third-order valence-corrected chi connectivity index (χ3v) is 2.64. The second-order valence-corrected chi connectivity index (χ2v) is 3.85. The summed E-state index contributed by atoms with van der Waals surface area (Å²) >= 11 is 5.80. The van der Waals surface area contributed by atoms with Crippen LogP contribution in [0, 0.1) is 18.3 Å². The fraction of sp³-hybridized carbons (Fsp3) is 0.0833. The van der Waals surface area contributed by atoms with E-state index in [1.165, 1.54) is 0 Å². The normalized spacial score (nSPS) is 10.1. The van der Waals surface area contributed by atoms with Gasteiger partial charge in [0.2, 0.25) is 5.88 Å². The molecule has 2 N–H and O–H groups in total. The summed E-state index contributed by atoms with van der Waals surface area (Å²) in [6.07, 6.45) is 0. The largest absolute Gasteiger partial charge is 0.439 e. The number of nitriles is 1. The van der Waals surface area contributed by atoms with Crippen molar-refractivity contribution in [3.05, 3.63) is 40.4 Å². The third-order valence-electron chi connectivity index (χ3n) is 2.39.